The van der Waals surface area contributed by atoms with E-state index in [9.17, 15) is 9.59 Å². The molecule has 19 heavy (non-hydrogen) atoms. The van der Waals surface area contributed by atoms with Crippen LogP contribution in [0.1, 0.15) is 31.1 Å². The van der Waals surface area contributed by atoms with Crippen LogP contribution in [-0.2, 0) is 16.3 Å². The van der Waals surface area contributed by atoms with E-state index in [4.69, 9.17) is 4.74 Å². The highest BCUT2D eigenvalue weighted by Gasteiger charge is 2.23. The van der Waals surface area contributed by atoms with E-state index in [0.717, 1.165) is 17.2 Å². The molecular weight excluding hydrogens is 242 g/mol. The summed E-state index contributed by atoms with van der Waals surface area (Å²) in [6.07, 6.45) is 2.51. The molecule has 0 saturated carbocycles. The minimum atomic E-state index is -0.531. The van der Waals surface area contributed by atoms with E-state index in [0.29, 0.717) is 5.56 Å². The first-order valence-electron chi connectivity index (χ1n) is 6.14. The quantitative estimate of drug-likeness (QED) is 0.629. The predicted molar refractivity (Wildman–Crippen MR) is 72.9 cm³/mol. The van der Waals surface area contributed by atoms with Crippen molar-refractivity contribution in [1.82, 2.24) is 4.57 Å². The van der Waals surface area contributed by atoms with Crippen molar-refractivity contribution in [3.05, 3.63) is 36.0 Å². The number of carbonyl (C=O) groups excluding carboxylic acids is 2. The van der Waals surface area contributed by atoms with Crippen molar-refractivity contribution in [3.8, 4) is 0 Å². The average molecular weight is 259 g/mol. The highest BCUT2D eigenvalue weighted by atomic mass is 16.5. The number of benzene rings is 1. The highest BCUT2D eigenvalue weighted by molar-refractivity contribution is 5.97. The van der Waals surface area contributed by atoms with Crippen LogP contribution in [0, 0.1) is 5.41 Å². The van der Waals surface area contributed by atoms with E-state index >= 15 is 0 Å². The summed E-state index contributed by atoms with van der Waals surface area (Å²) in [6, 6.07) is 7.54. The summed E-state index contributed by atoms with van der Waals surface area (Å²) in [4.78, 5) is 22.8. The number of ether oxygens (including phenoxy) is 1. The van der Waals surface area contributed by atoms with Gasteiger partial charge in [0.15, 0.2) is 13.0 Å². The lowest BCUT2D eigenvalue weighted by atomic mass is 9.98. The van der Waals surface area contributed by atoms with Crippen molar-refractivity contribution in [3.63, 3.8) is 0 Å². The van der Waals surface area contributed by atoms with Crippen LogP contribution >= 0.6 is 0 Å². The summed E-state index contributed by atoms with van der Waals surface area (Å²) in [7, 11) is 0. The average Bonchev–Trinajstić information content (AvgIpc) is 2.73. The largest absolute Gasteiger partial charge is 0.443 e. The maximum absolute atomic E-state index is 11.7. The molecule has 100 valence electrons. The number of rotatable bonds is 3. The smallest absolute Gasteiger partial charge is 0.312 e. The van der Waals surface area contributed by atoms with Crippen LogP contribution in [0.3, 0.4) is 0 Å². The lowest BCUT2D eigenvalue weighted by Gasteiger charge is -2.17. The summed E-state index contributed by atoms with van der Waals surface area (Å²) in [5.41, 5.74) is 0.949. The molecule has 0 unspecified atom stereocenters. The highest BCUT2D eigenvalue weighted by Crippen LogP contribution is 2.21. The summed E-state index contributed by atoms with van der Waals surface area (Å²) in [5, 5.41) is 0.865. The molecule has 4 nitrogen and oxygen atoms in total. The molecule has 2 aromatic rings. The van der Waals surface area contributed by atoms with Crippen molar-refractivity contribution in [2.45, 2.75) is 27.5 Å². The summed E-state index contributed by atoms with van der Waals surface area (Å²) < 4.78 is 7.03. The van der Waals surface area contributed by atoms with Gasteiger partial charge in [-0.1, -0.05) is 18.2 Å². The maximum Gasteiger partial charge on any atom is 0.312 e. The van der Waals surface area contributed by atoms with E-state index in [-0.39, 0.29) is 12.7 Å². The first-order chi connectivity index (χ1) is 8.93. The van der Waals surface area contributed by atoms with Gasteiger partial charge in [-0.15, -0.1) is 0 Å². The number of nitrogens with zero attached hydrogens (tertiary/aromatic N) is 1. The minimum Gasteiger partial charge on any atom is -0.443 e. The van der Waals surface area contributed by atoms with Gasteiger partial charge in [0.1, 0.15) is 0 Å². The Bertz CT molecular complexity index is 620. The molecule has 0 aliphatic carbocycles. The van der Waals surface area contributed by atoms with Crippen LogP contribution in [0.25, 0.3) is 10.9 Å². The van der Waals surface area contributed by atoms with Crippen molar-refractivity contribution in [2.75, 3.05) is 0 Å². The third kappa shape index (κ3) is 2.67. The predicted octanol–water partition coefficient (Wildman–Crippen LogP) is 3.00. The van der Waals surface area contributed by atoms with E-state index in [1.165, 1.54) is 0 Å². The van der Waals surface area contributed by atoms with Gasteiger partial charge in [-0.2, -0.15) is 0 Å². The third-order valence-electron chi connectivity index (χ3n) is 2.89. The van der Waals surface area contributed by atoms with Gasteiger partial charge in [0.2, 0.25) is 0 Å². The lowest BCUT2D eigenvalue weighted by molar-refractivity contribution is -0.156. The molecule has 0 fully saturated rings. The van der Waals surface area contributed by atoms with Gasteiger partial charge in [0.25, 0.3) is 0 Å². The van der Waals surface area contributed by atoms with E-state index in [2.05, 4.69) is 0 Å². The molecule has 0 aliphatic rings. The fourth-order valence-corrected chi connectivity index (χ4v) is 1.82. The molecule has 1 aromatic carbocycles. The van der Waals surface area contributed by atoms with Crippen LogP contribution in [0.2, 0.25) is 0 Å². The Morgan fingerprint density at radius 3 is 2.63 bits per heavy atom. The molecule has 4 heteroatoms. The number of carbonyl (C=O) groups is 2. The number of hydrogen-bond donors (Lipinski definition) is 0. The van der Waals surface area contributed by atoms with Gasteiger partial charge in [-0.05, 0) is 26.8 Å². The summed E-state index contributed by atoms with van der Waals surface area (Å²) >= 11 is 0. The van der Waals surface area contributed by atoms with Gasteiger partial charge in [-0.3, -0.25) is 9.59 Å². The molecule has 0 radical (unpaired) electrons. The maximum atomic E-state index is 11.7. The molecule has 1 aromatic heterocycles. The second-order valence-electron chi connectivity index (χ2n) is 5.50. The Morgan fingerprint density at radius 2 is 2.00 bits per heavy atom. The summed E-state index contributed by atoms with van der Waals surface area (Å²) in [5.74, 6) is -0.266. The number of hydrogen-bond acceptors (Lipinski definition) is 3. The van der Waals surface area contributed by atoms with Crippen LogP contribution in [0.5, 0.6) is 0 Å². The molecule has 0 atom stereocenters. The zero-order valence-electron chi connectivity index (χ0n) is 11.3. The fraction of sp³-hybridized carbons (Fsp3) is 0.333. The Morgan fingerprint density at radius 1 is 1.32 bits per heavy atom. The number of para-hydroxylation sites is 1. The molecule has 2 rings (SSSR count). The van der Waals surface area contributed by atoms with Crippen molar-refractivity contribution in [2.24, 2.45) is 5.41 Å². The van der Waals surface area contributed by atoms with Crippen LogP contribution in [-0.4, -0.2) is 16.8 Å². The topological polar surface area (TPSA) is 48.3 Å². The van der Waals surface area contributed by atoms with Crippen molar-refractivity contribution < 1.29 is 14.3 Å². The Kier molecular flexibility index (Phi) is 3.42. The van der Waals surface area contributed by atoms with Gasteiger partial charge >= 0.3 is 5.97 Å². The van der Waals surface area contributed by atoms with E-state index < -0.39 is 5.41 Å². The van der Waals surface area contributed by atoms with Gasteiger partial charge in [-0.25, -0.2) is 0 Å². The molecule has 1 heterocycles. The fourth-order valence-electron chi connectivity index (χ4n) is 1.82. The second kappa shape index (κ2) is 4.88. The van der Waals surface area contributed by atoms with Gasteiger partial charge in [0.05, 0.1) is 10.9 Å². The van der Waals surface area contributed by atoms with Crippen LogP contribution in [0.15, 0.2) is 30.5 Å². The van der Waals surface area contributed by atoms with Gasteiger partial charge < -0.3 is 9.30 Å². The summed E-state index contributed by atoms with van der Waals surface area (Å²) in [6.45, 7) is 5.53. The number of esters is 1. The minimum absolute atomic E-state index is 0.116. The van der Waals surface area contributed by atoms with E-state index in [1.54, 1.807) is 31.5 Å². The van der Waals surface area contributed by atoms with Crippen LogP contribution in [0.4, 0.5) is 0 Å². The number of fused-ring (bicyclic) bond motifs is 1. The monoisotopic (exact) mass is 259 g/mol. The number of aromatic nitrogens is 1. The van der Waals surface area contributed by atoms with E-state index in [1.807, 2.05) is 24.3 Å². The Labute approximate surface area is 112 Å². The normalized spacial score (nSPS) is 11.5. The first-order valence-corrected chi connectivity index (χ1v) is 6.14. The third-order valence-corrected chi connectivity index (χ3v) is 2.89. The second-order valence-corrected chi connectivity index (χ2v) is 5.50. The molecule has 0 N–H and O–H groups in total. The Balaban J connectivity index is 2.27. The van der Waals surface area contributed by atoms with Crippen molar-refractivity contribution in [1.29, 1.82) is 0 Å². The zero-order valence-corrected chi connectivity index (χ0v) is 11.3. The Hall–Kier alpha value is -2.10. The molecule has 0 aliphatic heterocycles. The zero-order chi connectivity index (χ0) is 14.0. The van der Waals surface area contributed by atoms with Crippen molar-refractivity contribution >= 4 is 23.2 Å². The number of aldehydes is 1. The molecule has 0 saturated heterocycles. The molecule has 0 spiro atoms. The van der Waals surface area contributed by atoms with Gasteiger partial charge in [0, 0.05) is 17.1 Å². The first kappa shape index (κ1) is 13.3. The van der Waals surface area contributed by atoms with Crippen LogP contribution < -0.4 is 0 Å². The molecular formula is C15H17NO3. The SMILES string of the molecule is CC(C)(C)C(=O)OCn1cc(C=O)c2ccccc21. The molecule has 0 amide bonds. The lowest BCUT2D eigenvalue weighted by Crippen LogP contribution is -2.23. The molecule has 0 bridgehead atoms. The standard InChI is InChI=1S/C15H17NO3/c1-15(2,3)14(18)19-10-16-8-11(9-17)12-6-4-5-7-13(12)16/h4-9H,10H2,1-3H3.